The van der Waals surface area contributed by atoms with E-state index in [2.05, 4.69) is 15.3 Å². The fraction of sp³-hybridized carbons (Fsp3) is 0.556. The van der Waals surface area contributed by atoms with Gasteiger partial charge in [0, 0.05) is 24.2 Å². The molecule has 0 unspecified atom stereocenters. The first-order valence-electron chi connectivity index (χ1n) is 4.74. The van der Waals surface area contributed by atoms with Gasteiger partial charge in [-0.15, -0.1) is 0 Å². The Balaban J connectivity index is 1.95. The minimum Gasteiger partial charge on any atom is -0.313 e. The van der Waals surface area contributed by atoms with Crippen LogP contribution in [0.25, 0.3) is 0 Å². The zero-order valence-electron chi connectivity index (χ0n) is 7.85. The number of nitrogens with one attached hydrogen (secondary N) is 1. The molecule has 0 radical (unpaired) electrons. The van der Waals surface area contributed by atoms with Crippen LogP contribution in [0, 0.1) is 0 Å². The normalized spacial score (nSPS) is 23.6. The van der Waals surface area contributed by atoms with Crippen molar-refractivity contribution in [2.45, 2.75) is 23.9 Å². The zero-order chi connectivity index (χ0) is 9.80. The molecule has 0 bridgehead atoms. The summed E-state index contributed by atoms with van der Waals surface area (Å²) in [6.07, 6.45) is 7.04. The van der Waals surface area contributed by atoms with Gasteiger partial charge in [0.15, 0.2) is 0 Å². The van der Waals surface area contributed by atoms with Crippen LogP contribution in [0.5, 0.6) is 0 Å². The van der Waals surface area contributed by atoms with Gasteiger partial charge in [-0.1, -0.05) is 0 Å². The van der Waals surface area contributed by atoms with E-state index >= 15 is 0 Å². The van der Waals surface area contributed by atoms with Gasteiger partial charge in [0.1, 0.15) is 5.03 Å². The van der Waals surface area contributed by atoms with Crippen LogP contribution in [-0.4, -0.2) is 32.5 Å². The van der Waals surface area contributed by atoms with Gasteiger partial charge in [-0.2, -0.15) is 0 Å². The fourth-order valence-corrected chi connectivity index (χ4v) is 2.75. The summed E-state index contributed by atoms with van der Waals surface area (Å²) in [5.41, 5.74) is 0. The Labute approximate surface area is 85.6 Å². The van der Waals surface area contributed by atoms with Crippen LogP contribution in [0.1, 0.15) is 12.8 Å². The van der Waals surface area contributed by atoms with Crippen LogP contribution >= 0.6 is 0 Å². The van der Waals surface area contributed by atoms with E-state index in [4.69, 9.17) is 0 Å². The van der Waals surface area contributed by atoms with Crippen LogP contribution in [0.4, 0.5) is 0 Å². The molecule has 2 rings (SSSR count). The van der Waals surface area contributed by atoms with E-state index in [0.29, 0.717) is 16.8 Å². The maximum Gasteiger partial charge on any atom is 0.145 e. The molecule has 0 saturated carbocycles. The van der Waals surface area contributed by atoms with Gasteiger partial charge in [-0.3, -0.25) is 9.19 Å². The molecule has 1 saturated heterocycles. The molecule has 2 heterocycles. The number of hydrogen-bond acceptors (Lipinski definition) is 4. The van der Waals surface area contributed by atoms with Gasteiger partial charge < -0.3 is 5.32 Å². The Kier molecular flexibility index (Phi) is 3.21. The molecule has 1 N–H and O–H groups in total. The van der Waals surface area contributed by atoms with Crippen LogP contribution in [-0.2, 0) is 10.8 Å². The Morgan fingerprint density at radius 2 is 2.50 bits per heavy atom. The summed E-state index contributed by atoms with van der Waals surface area (Å²) in [5, 5.41) is 3.90. The summed E-state index contributed by atoms with van der Waals surface area (Å²) < 4.78 is 11.8. The van der Waals surface area contributed by atoms with E-state index in [1.807, 2.05) is 0 Å². The minimum atomic E-state index is -1.01. The second kappa shape index (κ2) is 4.61. The van der Waals surface area contributed by atoms with E-state index in [1.54, 1.807) is 18.6 Å². The quantitative estimate of drug-likeness (QED) is 0.783. The molecule has 1 fully saturated rings. The predicted molar refractivity (Wildman–Crippen MR) is 54.3 cm³/mol. The molecule has 0 spiro atoms. The summed E-state index contributed by atoms with van der Waals surface area (Å²) in [6.45, 7) is 1.04. The molecular formula is C9H13N3OS. The van der Waals surface area contributed by atoms with E-state index in [0.717, 1.165) is 13.0 Å². The van der Waals surface area contributed by atoms with Crippen molar-refractivity contribution >= 4 is 10.8 Å². The molecule has 1 aliphatic rings. The van der Waals surface area contributed by atoms with Crippen molar-refractivity contribution in [2.75, 3.05) is 12.3 Å². The van der Waals surface area contributed by atoms with E-state index in [9.17, 15) is 4.21 Å². The smallest absolute Gasteiger partial charge is 0.145 e. The summed E-state index contributed by atoms with van der Waals surface area (Å²) in [5.74, 6) is 0.651. The molecule has 5 heteroatoms. The van der Waals surface area contributed by atoms with E-state index in [1.165, 1.54) is 6.42 Å². The van der Waals surface area contributed by atoms with Crippen molar-refractivity contribution in [2.24, 2.45) is 0 Å². The summed E-state index contributed by atoms with van der Waals surface area (Å²) in [4.78, 5) is 7.93. The lowest BCUT2D eigenvalue weighted by molar-refractivity contribution is 0.641. The third-order valence-electron chi connectivity index (χ3n) is 2.29. The van der Waals surface area contributed by atoms with Crippen molar-refractivity contribution < 1.29 is 4.21 Å². The predicted octanol–water partition coefficient (Wildman–Crippen LogP) is 0.336. The second-order valence-corrected chi connectivity index (χ2v) is 4.79. The van der Waals surface area contributed by atoms with E-state index < -0.39 is 10.8 Å². The average molecular weight is 211 g/mol. The third kappa shape index (κ3) is 2.36. The van der Waals surface area contributed by atoms with E-state index in [-0.39, 0.29) is 0 Å². The lowest BCUT2D eigenvalue weighted by Gasteiger charge is -2.08. The molecular weight excluding hydrogens is 198 g/mol. The van der Waals surface area contributed by atoms with Crippen molar-refractivity contribution in [3.05, 3.63) is 18.6 Å². The van der Waals surface area contributed by atoms with Gasteiger partial charge in [0.05, 0.1) is 17.0 Å². The van der Waals surface area contributed by atoms with Crippen LogP contribution in [0.15, 0.2) is 23.6 Å². The number of rotatable bonds is 3. The highest BCUT2D eigenvalue weighted by molar-refractivity contribution is 7.85. The largest absolute Gasteiger partial charge is 0.313 e. The van der Waals surface area contributed by atoms with Crippen molar-refractivity contribution in [1.82, 2.24) is 15.3 Å². The Morgan fingerprint density at radius 3 is 3.14 bits per heavy atom. The molecule has 0 aliphatic carbocycles. The van der Waals surface area contributed by atoms with Crippen molar-refractivity contribution in [3.63, 3.8) is 0 Å². The monoisotopic (exact) mass is 211 g/mol. The SMILES string of the molecule is O=[S@](C[C@@H]1CCCN1)c1cnccn1. The summed E-state index contributed by atoms with van der Waals surface area (Å²) in [6, 6.07) is 0.387. The second-order valence-electron chi connectivity index (χ2n) is 3.35. The molecule has 1 aliphatic heterocycles. The molecule has 2 atom stereocenters. The topological polar surface area (TPSA) is 54.9 Å². The summed E-state index contributed by atoms with van der Waals surface area (Å²) in [7, 11) is -1.01. The maximum absolute atomic E-state index is 11.8. The minimum absolute atomic E-state index is 0.387. The van der Waals surface area contributed by atoms with Crippen LogP contribution < -0.4 is 5.32 Å². The zero-order valence-corrected chi connectivity index (χ0v) is 8.67. The Morgan fingerprint density at radius 1 is 1.57 bits per heavy atom. The van der Waals surface area contributed by atoms with Gasteiger partial charge >= 0.3 is 0 Å². The number of nitrogens with zero attached hydrogens (tertiary/aromatic N) is 2. The Bertz CT molecular complexity index is 311. The van der Waals surface area contributed by atoms with Gasteiger partial charge in [-0.25, -0.2) is 4.98 Å². The average Bonchev–Trinajstić information content (AvgIpc) is 2.72. The molecule has 4 nitrogen and oxygen atoms in total. The van der Waals surface area contributed by atoms with Gasteiger partial charge in [0.25, 0.3) is 0 Å². The van der Waals surface area contributed by atoms with Crippen molar-refractivity contribution in [1.29, 1.82) is 0 Å². The number of hydrogen-bond donors (Lipinski definition) is 1. The lowest BCUT2D eigenvalue weighted by atomic mass is 10.3. The first-order valence-corrected chi connectivity index (χ1v) is 6.06. The lowest BCUT2D eigenvalue weighted by Crippen LogP contribution is -2.27. The highest BCUT2D eigenvalue weighted by atomic mass is 32.2. The summed E-state index contributed by atoms with van der Waals surface area (Å²) >= 11 is 0. The molecule has 0 amide bonds. The third-order valence-corrected chi connectivity index (χ3v) is 3.67. The Hall–Kier alpha value is -0.810. The van der Waals surface area contributed by atoms with Gasteiger partial charge in [-0.05, 0) is 19.4 Å². The first-order chi connectivity index (χ1) is 6.86. The van der Waals surface area contributed by atoms with Crippen LogP contribution in [0.2, 0.25) is 0 Å². The molecule has 14 heavy (non-hydrogen) atoms. The first kappa shape index (κ1) is 9.73. The van der Waals surface area contributed by atoms with Crippen LogP contribution in [0.3, 0.4) is 0 Å². The standard InChI is InChI=1S/C9H13N3OS/c13-14(7-8-2-1-3-11-8)9-6-10-4-5-12-9/h4-6,8,11H,1-3,7H2/t8-,14+/m0/s1. The molecule has 1 aromatic rings. The molecule has 1 aromatic heterocycles. The van der Waals surface area contributed by atoms with Gasteiger partial charge in [0.2, 0.25) is 0 Å². The molecule has 0 aromatic carbocycles. The molecule has 76 valence electrons. The van der Waals surface area contributed by atoms with Crippen molar-refractivity contribution in [3.8, 4) is 0 Å². The highest BCUT2D eigenvalue weighted by Crippen LogP contribution is 2.09. The highest BCUT2D eigenvalue weighted by Gasteiger charge is 2.18. The maximum atomic E-state index is 11.8. The number of aromatic nitrogens is 2. The fourth-order valence-electron chi connectivity index (χ4n) is 1.57.